The summed E-state index contributed by atoms with van der Waals surface area (Å²) in [7, 11) is 4.01. The van der Waals surface area contributed by atoms with Crippen LogP contribution in [-0.4, -0.2) is 51.3 Å². The predicted octanol–water partition coefficient (Wildman–Crippen LogP) is 3.92. The summed E-state index contributed by atoms with van der Waals surface area (Å²) >= 11 is 0. The van der Waals surface area contributed by atoms with Crippen LogP contribution in [0.1, 0.15) is 73.4 Å². The second-order valence-corrected chi connectivity index (χ2v) is 11.4. The maximum atomic E-state index is 13.7. The lowest BCUT2D eigenvalue weighted by Gasteiger charge is -2.23. The van der Waals surface area contributed by atoms with Crippen LogP contribution < -0.4 is 15.1 Å². The summed E-state index contributed by atoms with van der Waals surface area (Å²) in [5.41, 5.74) is 3.32. The molecule has 2 aliphatic heterocycles. The van der Waals surface area contributed by atoms with Crippen LogP contribution in [0.5, 0.6) is 0 Å². The van der Waals surface area contributed by atoms with Gasteiger partial charge in [-0.3, -0.25) is 9.69 Å². The first-order chi connectivity index (χ1) is 17.9. The van der Waals surface area contributed by atoms with Crippen molar-refractivity contribution in [2.24, 2.45) is 5.92 Å². The van der Waals surface area contributed by atoms with Crippen molar-refractivity contribution in [3.8, 4) is 11.5 Å². The van der Waals surface area contributed by atoms with E-state index in [1.807, 2.05) is 31.3 Å². The second kappa shape index (κ2) is 9.20. The Morgan fingerprint density at radius 1 is 1.16 bits per heavy atom. The molecule has 3 aromatic heterocycles. The highest BCUT2D eigenvalue weighted by molar-refractivity contribution is 6.10. The van der Waals surface area contributed by atoms with Crippen LogP contribution in [0.4, 0.5) is 11.6 Å². The van der Waals surface area contributed by atoms with E-state index in [-0.39, 0.29) is 11.4 Å². The lowest BCUT2D eigenvalue weighted by atomic mass is 10.0. The van der Waals surface area contributed by atoms with Crippen LogP contribution in [0.2, 0.25) is 0 Å². The van der Waals surface area contributed by atoms with Crippen molar-refractivity contribution >= 4 is 17.5 Å². The van der Waals surface area contributed by atoms with Crippen LogP contribution in [0, 0.1) is 5.92 Å². The number of pyridine rings is 2. The summed E-state index contributed by atoms with van der Waals surface area (Å²) in [6.45, 7) is 6.47. The number of carbonyl (C=O) groups excluding carboxylic acids is 1. The van der Waals surface area contributed by atoms with Gasteiger partial charge in [0.25, 0.3) is 5.91 Å². The van der Waals surface area contributed by atoms with Crippen LogP contribution in [-0.2, 0) is 25.0 Å². The molecule has 9 nitrogen and oxygen atoms in total. The molecule has 0 saturated heterocycles. The number of anilines is 2. The molecule has 1 N–H and O–H groups in total. The van der Waals surface area contributed by atoms with E-state index >= 15 is 0 Å². The van der Waals surface area contributed by atoms with Gasteiger partial charge in [0.05, 0.1) is 17.8 Å². The SMILES string of the molecule is CNCc1nc(N(C)CC2CCCC2)cc2c1CN(c1cccc(-c3nnc4n3C(C)(C)CC4)n1)C2=O. The molecule has 1 amide bonds. The number of aryl methyl sites for hydroxylation is 1. The van der Waals surface area contributed by atoms with E-state index in [4.69, 9.17) is 9.97 Å². The molecule has 0 radical (unpaired) electrons. The molecule has 6 rings (SSSR count). The van der Waals surface area contributed by atoms with Gasteiger partial charge in [-0.15, -0.1) is 10.2 Å². The zero-order valence-corrected chi connectivity index (χ0v) is 22.3. The van der Waals surface area contributed by atoms with Crippen LogP contribution in [0.3, 0.4) is 0 Å². The topological polar surface area (TPSA) is 92.1 Å². The standard InChI is InChI=1S/C28H36N8O/c1-28(2)13-12-24-32-33-26(36(24)28)21-10-7-11-23(30-21)35-17-20-19(27(35)37)14-25(31-22(20)15-29-3)34(4)16-18-8-5-6-9-18/h7,10-11,14,18,29H,5-6,8-9,12-13,15-17H2,1-4H3. The first-order valence-electron chi connectivity index (χ1n) is 13.5. The van der Waals surface area contributed by atoms with Gasteiger partial charge in [-0.25, -0.2) is 9.97 Å². The summed E-state index contributed by atoms with van der Waals surface area (Å²) in [5, 5.41) is 12.1. The fraction of sp³-hybridized carbons (Fsp3) is 0.536. The number of aromatic nitrogens is 5. The lowest BCUT2D eigenvalue weighted by molar-refractivity contribution is 0.0996. The molecule has 1 saturated carbocycles. The summed E-state index contributed by atoms with van der Waals surface area (Å²) in [6, 6.07) is 7.78. The number of rotatable bonds is 7. The van der Waals surface area contributed by atoms with Gasteiger partial charge in [0.2, 0.25) is 0 Å². The highest BCUT2D eigenvalue weighted by atomic mass is 16.2. The Kier molecular flexibility index (Phi) is 5.98. The number of amides is 1. The average Bonchev–Trinajstić information content (AvgIpc) is 3.66. The number of carbonyl (C=O) groups is 1. The van der Waals surface area contributed by atoms with Crippen LogP contribution in [0.15, 0.2) is 24.3 Å². The predicted molar refractivity (Wildman–Crippen MR) is 144 cm³/mol. The number of nitrogens with zero attached hydrogens (tertiary/aromatic N) is 7. The third kappa shape index (κ3) is 4.19. The normalized spacial score (nSPS) is 18.5. The van der Waals surface area contributed by atoms with Crippen LogP contribution >= 0.6 is 0 Å². The first-order valence-corrected chi connectivity index (χ1v) is 13.5. The second-order valence-electron chi connectivity index (χ2n) is 11.4. The molecule has 0 spiro atoms. The van der Waals surface area contributed by atoms with Crippen molar-refractivity contribution in [3.05, 3.63) is 46.9 Å². The fourth-order valence-electron chi connectivity index (χ4n) is 6.23. The monoisotopic (exact) mass is 500 g/mol. The third-order valence-corrected chi connectivity index (χ3v) is 8.27. The molecule has 0 aromatic carbocycles. The van der Waals surface area contributed by atoms with E-state index in [9.17, 15) is 4.79 Å². The Morgan fingerprint density at radius 2 is 1.97 bits per heavy atom. The number of hydrogen-bond donors (Lipinski definition) is 1. The van der Waals surface area contributed by atoms with Crippen molar-refractivity contribution in [1.82, 2.24) is 30.0 Å². The fourth-order valence-corrected chi connectivity index (χ4v) is 6.23. The van der Waals surface area contributed by atoms with Crippen molar-refractivity contribution in [1.29, 1.82) is 0 Å². The minimum absolute atomic E-state index is 0.0262. The Morgan fingerprint density at radius 3 is 2.76 bits per heavy atom. The zero-order chi connectivity index (χ0) is 25.7. The van der Waals surface area contributed by atoms with Gasteiger partial charge in [0, 0.05) is 37.7 Å². The Labute approximate surface area is 218 Å². The molecule has 0 atom stereocenters. The maximum absolute atomic E-state index is 13.7. The Hall–Kier alpha value is -3.33. The van der Waals surface area contributed by atoms with Crippen molar-refractivity contribution < 1.29 is 4.79 Å². The van der Waals surface area contributed by atoms with Gasteiger partial charge in [-0.2, -0.15) is 0 Å². The molecule has 9 heteroatoms. The van der Waals surface area contributed by atoms with Crippen molar-refractivity contribution in [3.63, 3.8) is 0 Å². The minimum Gasteiger partial charge on any atom is -0.359 e. The largest absolute Gasteiger partial charge is 0.359 e. The van der Waals surface area contributed by atoms with E-state index in [1.165, 1.54) is 25.7 Å². The lowest BCUT2D eigenvalue weighted by Crippen LogP contribution is -2.26. The average molecular weight is 501 g/mol. The van der Waals surface area contributed by atoms with Crippen LogP contribution in [0.25, 0.3) is 11.5 Å². The summed E-state index contributed by atoms with van der Waals surface area (Å²) in [6.07, 6.45) is 7.13. The zero-order valence-electron chi connectivity index (χ0n) is 22.3. The van der Waals surface area contributed by atoms with E-state index in [2.05, 4.69) is 45.9 Å². The van der Waals surface area contributed by atoms with Gasteiger partial charge in [-0.1, -0.05) is 18.9 Å². The quantitative estimate of drug-likeness (QED) is 0.526. The smallest absolute Gasteiger partial charge is 0.260 e. The molecule has 5 heterocycles. The summed E-state index contributed by atoms with van der Waals surface area (Å²) in [5.74, 6) is 3.93. The first kappa shape index (κ1) is 24.0. The van der Waals surface area contributed by atoms with E-state index in [1.54, 1.807) is 4.90 Å². The highest BCUT2D eigenvalue weighted by Crippen LogP contribution is 2.36. The van der Waals surface area contributed by atoms with Crippen molar-refractivity contribution in [2.75, 3.05) is 30.4 Å². The third-order valence-electron chi connectivity index (χ3n) is 8.27. The molecule has 0 unspecified atom stereocenters. The molecular weight excluding hydrogens is 464 g/mol. The molecule has 1 fully saturated rings. The molecule has 194 valence electrons. The van der Waals surface area contributed by atoms with Gasteiger partial charge < -0.3 is 14.8 Å². The molecule has 37 heavy (non-hydrogen) atoms. The molecule has 1 aliphatic carbocycles. The van der Waals surface area contributed by atoms with E-state index in [0.29, 0.717) is 24.8 Å². The van der Waals surface area contributed by atoms with Gasteiger partial charge in [0.15, 0.2) is 5.82 Å². The maximum Gasteiger partial charge on any atom is 0.260 e. The van der Waals surface area contributed by atoms with Gasteiger partial charge in [-0.05, 0) is 64.3 Å². The highest BCUT2D eigenvalue weighted by Gasteiger charge is 2.36. The Balaban J connectivity index is 1.32. The Bertz CT molecular complexity index is 1340. The summed E-state index contributed by atoms with van der Waals surface area (Å²) in [4.78, 5) is 27.6. The van der Waals surface area contributed by atoms with Crippen molar-refractivity contribution in [2.45, 2.75) is 71.0 Å². The molecule has 0 bridgehead atoms. The van der Waals surface area contributed by atoms with Gasteiger partial charge >= 0.3 is 0 Å². The molecular formula is C28H36N8O. The minimum atomic E-state index is -0.0554. The van der Waals surface area contributed by atoms with E-state index in [0.717, 1.165) is 59.4 Å². The number of hydrogen-bond acceptors (Lipinski definition) is 7. The van der Waals surface area contributed by atoms with E-state index < -0.39 is 0 Å². The van der Waals surface area contributed by atoms with Gasteiger partial charge in [0.1, 0.15) is 23.2 Å². The summed E-state index contributed by atoms with van der Waals surface area (Å²) < 4.78 is 2.20. The number of nitrogens with one attached hydrogen (secondary N) is 1. The molecule has 3 aromatic rings. The number of fused-ring (bicyclic) bond motifs is 2. The molecule has 3 aliphatic rings.